The second-order valence-electron chi connectivity index (χ2n) is 4.60. The smallest absolute Gasteiger partial charge is 0.212 e. The number of nitrogens with zero attached hydrogens (tertiary/aromatic N) is 1. The minimum absolute atomic E-state index is 0.0961. The lowest BCUT2D eigenvalue weighted by Crippen LogP contribution is -2.22. The van der Waals surface area contributed by atoms with E-state index in [2.05, 4.69) is 4.98 Å². The third-order valence-electron chi connectivity index (χ3n) is 3.25. The first kappa shape index (κ1) is 12.6. The molecule has 2 atom stereocenters. The fraction of sp³-hybridized carbons (Fsp3) is 0.727. The van der Waals surface area contributed by atoms with E-state index in [4.69, 9.17) is 10.2 Å². The molecule has 1 aromatic rings. The average molecular weight is 258 g/mol. The van der Waals surface area contributed by atoms with Crippen LogP contribution >= 0.6 is 0 Å². The van der Waals surface area contributed by atoms with E-state index in [9.17, 15) is 8.42 Å². The molecule has 0 aromatic carbocycles. The van der Waals surface area contributed by atoms with Crippen molar-refractivity contribution < 1.29 is 12.8 Å². The molecule has 0 radical (unpaired) electrons. The Morgan fingerprint density at radius 2 is 2.35 bits per heavy atom. The summed E-state index contributed by atoms with van der Waals surface area (Å²) in [5.41, 5.74) is 6.28. The molecule has 17 heavy (non-hydrogen) atoms. The highest BCUT2D eigenvalue weighted by atomic mass is 32.2. The number of hydrogen-bond acceptors (Lipinski definition) is 5. The van der Waals surface area contributed by atoms with Crippen molar-refractivity contribution in [3.8, 4) is 0 Å². The van der Waals surface area contributed by atoms with Crippen LogP contribution < -0.4 is 5.73 Å². The molecule has 1 aliphatic heterocycles. The molecule has 1 aliphatic rings. The van der Waals surface area contributed by atoms with Gasteiger partial charge < -0.3 is 10.2 Å². The van der Waals surface area contributed by atoms with Crippen molar-refractivity contribution in [2.75, 3.05) is 12.3 Å². The Labute approximate surface area is 101 Å². The minimum atomic E-state index is -3.08. The van der Waals surface area contributed by atoms with Crippen molar-refractivity contribution in [3.63, 3.8) is 0 Å². The van der Waals surface area contributed by atoms with Crippen molar-refractivity contribution in [3.05, 3.63) is 17.8 Å². The van der Waals surface area contributed by atoms with Crippen LogP contribution in [0.5, 0.6) is 0 Å². The summed E-state index contributed by atoms with van der Waals surface area (Å²) in [5, 5.41) is -0.560. The van der Waals surface area contributed by atoms with Gasteiger partial charge in [0.05, 0.1) is 11.4 Å². The van der Waals surface area contributed by atoms with Gasteiger partial charge in [-0.1, -0.05) is 13.3 Å². The summed E-state index contributed by atoms with van der Waals surface area (Å²) in [6, 6.07) is 0. The van der Waals surface area contributed by atoms with Crippen LogP contribution in [-0.2, 0) is 9.84 Å². The van der Waals surface area contributed by atoms with E-state index >= 15 is 0 Å². The van der Waals surface area contributed by atoms with Crippen LogP contribution in [-0.4, -0.2) is 25.7 Å². The van der Waals surface area contributed by atoms with E-state index in [1.807, 2.05) is 6.92 Å². The van der Waals surface area contributed by atoms with Gasteiger partial charge in [0.15, 0.2) is 9.84 Å². The third-order valence-corrected chi connectivity index (χ3v) is 5.41. The highest BCUT2D eigenvalue weighted by Gasteiger charge is 2.34. The molecule has 2 unspecified atom stereocenters. The molecule has 2 rings (SSSR count). The number of hydrogen-bond donors (Lipinski definition) is 1. The number of aromatic nitrogens is 1. The number of rotatable bonds is 3. The molecule has 0 bridgehead atoms. The molecular weight excluding hydrogens is 240 g/mol. The van der Waals surface area contributed by atoms with Crippen LogP contribution in [0, 0.1) is 0 Å². The van der Waals surface area contributed by atoms with Crippen molar-refractivity contribution in [1.82, 2.24) is 4.98 Å². The molecule has 96 valence electrons. The summed E-state index contributed by atoms with van der Waals surface area (Å²) in [7, 11) is -3.08. The first-order valence-electron chi connectivity index (χ1n) is 5.91. The first-order chi connectivity index (χ1) is 8.04. The average Bonchev–Trinajstić information content (AvgIpc) is 2.76. The van der Waals surface area contributed by atoms with Crippen molar-refractivity contribution in [2.45, 2.75) is 37.4 Å². The lowest BCUT2D eigenvalue weighted by molar-refractivity contribution is 0.452. The highest BCUT2D eigenvalue weighted by Crippen LogP contribution is 2.33. The second-order valence-corrected chi connectivity index (χ2v) is 6.90. The van der Waals surface area contributed by atoms with Gasteiger partial charge in [0, 0.05) is 12.5 Å². The van der Waals surface area contributed by atoms with Crippen LogP contribution in [0.4, 0.5) is 0 Å². The predicted octanol–water partition coefficient (Wildman–Crippen LogP) is 1.38. The summed E-state index contributed by atoms with van der Waals surface area (Å²) in [5.74, 6) is 0.667. The van der Waals surface area contributed by atoms with Gasteiger partial charge in [-0.3, -0.25) is 0 Å². The third kappa shape index (κ3) is 2.52. The Hall–Kier alpha value is -0.880. The topological polar surface area (TPSA) is 86.2 Å². The molecule has 0 amide bonds. The van der Waals surface area contributed by atoms with Crippen molar-refractivity contribution in [2.24, 2.45) is 5.73 Å². The fourth-order valence-electron chi connectivity index (χ4n) is 2.03. The van der Waals surface area contributed by atoms with E-state index in [0.717, 1.165) is 18.5 Å². The van der Waals surface area contributed by atoms with E-state index in [0.29, 0.717) is 18.9 Å². The van der Waals surface area contributed by atoms with Crippen LogP contribution in [0.2, 0.25) is 0 Å². The maximum Gasteiger partial charge on any atom is 0.212 e. The Kier molecular flexibility index (Phi) is 3.53. The molecule has 0 aliphatic carbocycles. The van der Waals surface area contributed by atoms with E-state index < -0.39 is 15.1 Å². The maximum atomic E-state index is 11.9. The zero-order valence-corrected chi connectivity index (χ0v) is 10.7. The second kappa shape index (κ2) is 4.78. The Bertz CT molecular complexity index is 481. The minimum Gasteiger partial charge on any atom is -0.447 e. The summed E-state index contributed by atoms with van der Waals surface area (Å²) >= 11 is 0. The van der Waals surface area contributed by atoms with Gasteiger partial charge >= 0.3 is 0 Å². The van der Waals surface area contributed by atoms with E-state index in [1.54, 1.807) is 0 Å². The number of sulfone groups is 1. The molecule has 2 N–H and O–H groups in total. The quantitative estimate of drug-likeness (QED) is 0.885. The number of oxazole rings is 1. The summed E-state index contributed by atoms with van der Waals surface area (Å²) in [6.07, 6.45) is 3.79. The molecule has 0 spiro atoms. The van der Waals surface area contributed by atoms with Gasteiger partial charge in [0.1, 0.15) is 11.5 Å². The highest BCUT2D eigenvalue weighted by molar-refractivity contribution is 7.91. The zero-order chi connectivity index (χ0) is 12.5. The lowest BCUT2D eigenvalue weighted by atomic mass is 10.1. The Balaban J connectivity index is 2.25. The molecular formula is C11H18N2O3S. The summed E-state index contributed by atoms with van der Waals surface area (Å²) in [4.78, 5) is 4.27. The molecule has 5 nitrogen and oxygen atoms in total. The standard InChI is InChI=1S/C11H18N2O3S/c1-8(6-12)9-7-16-11(13-9)10-4-2-3-5-17(10,14)15/h7-8,10H,2-6,12H2,1H3. The lowest BCUT2D eigenvalue weighted by Gasteiger charge is -2.19. The molecule has 6 heteroatoms. The Morgan fingerprint density at radius 1 is 1.59 bits per heavy atom. The zero-order valence-electron chi connectivity index (χ0n) is 9.93. The normalized spacial score (nSPS) is 25.6. The van der Waals surface area contributed by atoms with E-state index in [-0.39, 0.29) is 11.7 Å². The van der Waals surface area contributed by atoms with Crippen LogP contribution in [0.3, 0.4) is 0 Å². The molecule has 1 aromatic heterocycles. The van der Waals surface area contributed by atoms with Gasteiger partial charge in [0.2, 0.25) is 5.89 Å². The molecule has 1 saturated heterocycles. The van der Waals surface area contributed by atoms with Gasteiger partial charge in [0.25, 0.3) is 0 Å². The van der Waals surface area contributed by atoms with Gasteiger partial charge in [-0.15, -0.1) is 0 Å². The molecule has 0 saturated carbocycles. The number of nitrogens with two attached hydrogens (primary N) is 1. The molecule has 2 heterocycles. The maximum absolute atomic E-state index is 11.9. The fourth-order valence-corrected chi connectivity index (χ4v) is 3.86. The van der Waals surface area contributed by atoms with Crippen LogP contribution in [0.15, 0.2) is 10.7 Å². The largest absolute Gasteiger partial charge is 0.447 e. The van der Waals surface area contributed by atoms with Gasteiger partial charge in [-0.25, -0.2) is 13.4 Å². The van der Waals surface area contributed by atoms with E-state index in [1.165, 1.54) is 6.26 Å². The summed E-state index contributed by atoms with van der Waals surface area (Å²) < 4.78 is 29.1. The first-order valence-corrected chi connectivity index (χ1v) is 7.63. The SMILES string of the molecule is CC(CN)c1coc(C2CCCCS2(=O)=O)n1. The van der Waals surface area contributed by atoms with Crippen LogP contribution in [0.1, 0.15) is 48.9 Å². The molecule has 1 fully saturated rings. The van der Waals surface area contributed by atoms with Gasteiger partial charge in [-0.2, -0.15) is 0 Å². The predicted molar refractivity (Wildman–Crippen MR) is 64.4 cm³/mol. The summed E-state index contributed by atoms with van der Waals surface area (Å²) in [6.45, 7) is 2.42. The van der Waals surface area contributed by atoms with Crippen molar-refractivity contribution >= 4 is 9.84 Å². The monoisotopic (exact) mass is 258 g/mol. The van der Waals surface area contributed by atoms with Crippen molar-refractivity contribution in [1.29, 1.82) is 0 Å². The van der Waals surface area contributed by atoms with Gasteiger partial charge in [-0.05, 0) is 12.8 Å². The van der Waals surface area contributed by atoms with Crippen LogP contribution in [0.25, 0.3) is 0 Å². The Morgan fingerprint density at radius 3 is 3.00 bits per heavy atom.